The highest BCUT2D eigenvalue weighted by Gasteiger charge is 2.32. The Bertz CT molecular complexity index is 906. The van der Waals surface area contributed by atoms with Crippen LogP contribution in [0, 0.1) is 0 Å². The Balaban J connectivity index is 1.75. The molecule has 0 saturated carbocycles. The fraction of sp³-hybridized carbons (Fsp3) is 0.0526. The minimum Gasteiger partial charge on any atom is -0.497 e. The van der Waals surface area contributed by atoms with E-state index in [1.807, 2.05) is 30.3 Å². The second-order valence-electron chi connectivity index (χ2n) is 5.24. The van der Waals surface area contributed by atoms with Crippen LogP contribution in [0.25, 0.3) is 6.08 Å². The Morgan fingerprint density at radius 1 is 1.15 bits per heavy atom. The van der Waals surface area contributed by atoms with Crippen LogP contribution in [0.1, 0.15) is 15.9 Å². The van der Waals surface area contributed by atoms with Crippen LogP contribution in [0.15, 0.2) is 64.6 Å². The summed E-state index contributed by atoms with van der Waals surface area (Å²) in [5.41, 5.74) is 1.34. The monoisotopic (exact) mass is 382 g/mol. The molecule has 7 heteroatoms. The highest BCUT2D eigenvalue weighted by Crippen LogP contribution is 2.32. The summed E-state index contributed by atoms with van der Waals surface area (Å²) >= 11 is 6.35. The third-order valence-corrected chi connectivity index (χ3v) is 4.82. The number of thioether (sulfide) groups is 1. The van der Waals surface area contributed by atoms with Crippen molar-refractivity contribution in [3.05, 3.63) is 70.6 Å². The van der Waals surface area contributed by atoms with E-state index in [1.54, 1.807) is 37.5 Å². The normalized spacial score (nSPS) is 15.9. The van der Waals surface area contributed by atoms with Crippen molar-refractivity contribution in [3.63, 3.8) is 0 Å². The molecule has 1 amide bonds. The number of nitrogens with zero attached hydrogens (tertiary/aromatic N) is 2. The van der Waals surface area contributed by atoms with Gasteiger partial charge in [0.05, 0.1) is 18.2 Å². The minimum absolute atomic E-state index is 0.284. The van der Waals surface area contributed by atoms with E-state index >= 15 is 0 Å². The lowest BCUT2D eigenvalue weighted by Gasteiger charge is -2.05. The number of hydrogen-bond acceptors (Lipinski definition) is 6. The lowest BCUT2D eigenvalue weighted by atomic mass is 10.1. The number of amides is 1. The van der Waals surface area contributed by atoms with E-state index in [1.165, 1.54) is 0 Å². The predicted octanol–water partition coefficient (Wildman–Crippen LogP) is 3.77. The van der Waals surface area contributed by atoms with Crippen LogP contribution in [-0.4, -0.2) is 34.3 Å². The van der Waals surface area contributed by atoms with Gasteiger partial charge in [-0.25, -0.2) is 0 Å². The molecular formula is C19H14N2O3S2. The van der Waals surface area contributed by atoms with Gasteiger partial charge in [-0.05, 0) is 36.0 Å². The summed E-state index contributed by atoms with van der Waals surface area (Å²) in [6.45, 7) is 0. The Kier molecular flexibility index (Phi) is 5.60. The summed E-state index contributed by atoms with van der Waals surface area (Å²) in [4.78, 5) is 25.0. The fourth-order valence-corrected chi connectivity index (χ4v) is 3.37. The molecule has 0 aromatic heterocycles. The van der Waals surface area contributed by atoms with Gasteiger partial charge in [0.15, 0.2) is 4.32 Å². The van der Waals surface area contributed by atoms with Crippen LogP contribution in [0.3, 0.4) is 0 Å². The maximum absolute atomic E-state index is 12.5. The van der Waals surface area contributed by atoms with Crippen molar-refractivity contribution >= 4 is 52.3 Å². The Morgan fingerprint density at radius 3 is 2.50 bits per heavy atom. The number of thiocarbonyl (C=S) groups is 1. The Hall–Kier alpha value is -2.77. The number of rotatable bonds is 5. The summed E-state index contributed by atoms with van der Waals surface area (Å²) < 4.78 is 5.40. The van der Waals surface area contributed by atoms with Gasteiger partial charge in [-0.3, -0.25) is 9.59 Å². The number of benzene rings is 2. The van der Waals surface area contributed by atoms with E-state index in [-0.39, 0.29) is 16.0 Å². The zero-order valence-electron chi connectivity index (χ0n) is 13.8. The summed E-state index contributed by atoms with van der Waals surface area (Å²) in [7, 11) is 1.59. The van der Waals surface area contributed by atoms with Crippen molar-refractivity contribution in [2.24, 2.45) is 5.10 Å². The van der Waals surface area contributed by atoms with Gasteiger partial charge in [-0.2, -0.15) is 10.1 Å². The maximum atomic E-state index is 12.5. The average Bonchev–Trinajstić information content (AvgIpc) is 2.94. The van der Waals surface area contributed by atoms with Crippen molar-refractivity contribution in [1.29, 1.82) is 0 Å². The number of carbonyl (C=O) groups excluding carboxylic acids is 2. The first-order valence-electron chi connectivity index (χ1n) is 7.64. The molecule has 3 rings (SSSR count). The smallest absolute Gasteiger partial charge is 0.286 e. The lowest BCUT2D eigenvalue weighted by Crippen LogP contribution is -2.23. The van der Waals surface area contributed by atoms with Gasteiger partial charge < -0.3 is 4.74 Å². The zero-order chi connectivity index (χ0) is 18.5. The first-order valence-corrected chi connectivity index (χ1v) is 8.86. The first kappa shape index (κ1) is 18.0. The molecule has 0 unspecified atom stereocenters. The highest BCUT2D eigenvalue weighted by molar-refractivity contribution is 8.26. The van der Waals surface area contributed by atoms with Crippen molar-refractivity contribution in [3.8, 4) is 5.75 Å². The summed E-state index contributed by atoms with van der Waals surface area (Å²) in [5.74, 6) is 0.0884. The van der Waals surface area contributed by atoms with Crippen LogP contribution < -0.4 is 4.74 Å². The molecule has 0 N–H and O–H groups in total. The number of methoxy groups -OCH3 is 1. The van der Waals surface area contributed by atoms with E-state index in [2.05, 4.69) is 5.10 Å². The molecule has 0 radical (unpaired) electrons. The van der Waals surface area contributed by atoms with E-state index in [4.69, 9.17) is 17.0 Å². The lowest BCUT2D eigenvalue weighted by molar-refractivity contribution is -0.122. The fourth-order valence-electron chi connectivity index (χ4n) is 2.20. The Morgan fingerprint density at radius 2 is 1.85 bits per heavy atom. The molecule has 1 saturated heterocycles. The van der Waals surface area contributed by atoms with Crippen LogP contribution in [0.5, 0.6) is 5.75 Å². The van der Waals surface area contributed by atoms with Gasteiger partial charge >= 0.3 is 0 Å². The Labute approximate surface area is 160 Å². The molecule has 1 aliphatic rings. The summed E-state index contributed by atoms with van der Waals surface area (Å²) in [5, 5.41) is 5.03. The number of ether oxygens (including phenoxy) is 1. The average molecular weight is 382 g/mol. The van der Waals surface area contributed by atoms with Crippen LogP contribution in [-0.2, 0) is 4.79 Å². The van der Waals surface area contributed by atoms with Gasteiger partial charge in [0.25, 0.3) is 5.91 Å². The minimum atomic E-state index is -0.354. The van der Waals surface area contributed by atoms with Crippen molar-refractivity contribution in [1.82, 2.24) is 5.01 Å². The standard InChI is InChI=1S/C19H14N2O3S2/c1-24-15-9-7-13(8-10-15)11-17-18(23)21(19(25)26-17)20-12-16(22)14-5-3-2-4-6-14/h2-12H,1H3/b17-11+,20-12+. The molecular weight excluding hydrogens is 368 g/mol. The summed E-state index contributed by atoms with van der Waals surface area (Å²) in [6.07, 6.45) is 2.84. The molecule has 2 aromatic carbocycles. The van der Waals surface area contributed by atoms with Crippen LogP contribution >= 0.6 is 24.0 Å². The van der Waals surface area contributed by atoms with Gasteiger partial charge in [0.1, 0.15) is 5.75 Å². The van der Waals surface area contributed by atoms with Gasteiger partial charge in [0.2, 0.25) is 5.78 Å². The van der Waals surface area contributed by atoms with Crippen LogP contribution in [0.4, 0.5) is 0 Å². The van der Waals surface area contributed by atoms with Gasteiger partial charge in [-0.1, -0.05) is 54.2 Å². The van der Waals surface area contributed by atoms with E-state index < -0.39 is 0 Å². The first-order chi connectivity index (χ1) is 12.6. The molecule has 0 spiro atoms. The van der Waals surface area contributed by atoms with E-state index in [0.717, 1.165) is 34.3 Å². The number of hydrazone groups is 1. The molecule has 5 nitrogen and oxygen atoms in total. The highest BCUT2D eigenvalue weighted by atomic mass is 32.2. The van der Waals surface area contributed by atoms with Crippen molar-refractivity contribution in [2.45, 2.75) is 0 Å². The van der Waals surface area contributed by atoms with Gasteiger partial charge in [0, 0.05) is 5.56 Å². The molecule has 0 bridgehead atoms. The SMILES string of the molecule is COc1ccc(/C=C2/SC(=S)N(/N=C/C(=O)c3ccccc3)C2=O)cc1. The molecule has 1 fully saturated rings. The number of ketones is 1. The van der Waals surface area contributed by atoms with Crippen molar-refractivity contribution in [2.75, 3.05) is 7.11 Å². The number of Topliss-reactive ketones (excluding diaryl/α,β-unsaturated/α-hetero) is 1. The second-order valence-corrected chi connectivity index (χ2v) is 6.92. The molecule has 1 aliphatic heterocycles. The third kappa shape index (κ3) is 4.07. The quantitative estimate of drug-likeness (QED) is 0.341. The summed E-state index contributed by atoms with van der Waals surface area (Å²) in [6, 6.07) is 16.0. The number of hydrogen-bond donors (Lipinski definition) is 0. The molecule has 130 valence electrons. The molecule has 26 heavy (non-hydrogen) atoms. The topological polar surface area (TPSA) is 59.0 Å². The number of carbonyl (C=O) groups is 2. The molecule has 2 aromatic rings. The molecule has 0 aliphatic carbocycles. The molecule has 0 atom stereocenters. The maximum Gasteiger partial charge on any atom is 0.286 e. The van der Waals surface area contributed by atoms with E-state index in [0.29, 0.717) is 10.5 Å². The molecule has 1 heterocycles. The third-order valence-electron chi connectivity index (χ3n) is 3.54. The second kappa shape index (κ2) is 8.07. The van der Waals surface area contributed by atoms with Crippen LogP contribution in [0.2, 0.25) is 0 Å². The largest absolute Gasteiger partial charge is 0.497 e. The zero-order valence-corrected chi connectivity index (χ0v) is 15.4. The van der Waals surface area contributed by atoms with Crippen molar-refractivity contribution < 1.29 is 14.3 Å². The predicted molar refractivity (Wildman–Crippen MR) is 107 cm³/mol. The van der Waals surface area contributed by atoms with E-state index in [9.17, 15) is 9.59 Å². The van der Waals surface area contributed by atoms with Gasteiger partial charge in [-0.15, -0.1) is 0 Å².